The van der Waals surface area contributed by atoms with Gasteiger partial charge in [-0.15, -0.1) is 0 Å². The molecule has 0 unspecified atom stereocenters. The van der Waals surface area contributed by atoms with Gasteiger partial charge in [0.2, 0.25) is 0 Å². The van der Waals surface area contributed by atoms with Crippen LogP contribution in [-0.4, -0.2) is 9.97 Å². The summed E-state index contributed by atoms with van der Waals surface area (Å²) in [6.45, 7) is 0. The van der Waals surface area contributed by atoms with Gasteiger partial charge in [0.1, 0.15) is 11.2 Å². The average molecular weight is 599 g/mol. The maximum atomic E-state index is 6.46. The lowest BCUT2D eigenvalue weighted by molar-refractivity contribution is 0.673. The lowest BCUT2D eigenvalue weighted by Crippen LogP contribution is -1.95. The van der Waals surface area contributed by atoms with Crippen LogP contribution in [0.5, 0.6) is 0 Å². The van der Waals surface area contributed by atoms with Gasteiger partial charge in [-0.05, 0) is 62.3 Å². The molecule has 0 atom stereocenters. The summed E-state index contributed by atoms with van der Waals surface area (Å²) < 4.78 is 6.46. The fourth-order valence-corrected chi connectivity index (χ4v) is 7.24. The first kappa shape index (κ1) is 26.0. The SMILES string of the molecule is c1ccc(-c2nc3ccc(-c4ccc5c(ccc6c5c5ccccc5c5oc7ccccc7c65)c4)cc3nc2-c2ccccc2)cc1. The number of hydrogen-bond donors (Lipinski definition) is 0. The molecule has 0 fully saturated rings. The molecule has 0 amide bonds. The molecule has 0 bridgehead atoms. The minimum absolute atomic E-state index is 0.875. The van der Waals surface area contributed by atoms with Crippen LogP contribution in [-0.2, 0) is 0 Å². The number of aromatic nitrogens is 2. The van der Waals surface area contributed by atoms with Crippen molar-refractivity contribution in [2.75, 3.05) is 0 Å². The molecule has 0 N–H and O–H groups in total. The lowest BCUT2D eigenvalue weighted by atomic mass is 9.91. The summed E-state index contributed by atoms with van der Waals surface area (Å²) in [4.78, 5) is 10.4. The largest absolute Gasteiger partial charge is 0.455 e. The van der Waals surface area contributed by atoms with Gasteiger partial charge in [-0.1, -0.05) is 133 Å². The highest BCUT2D eigenvalue weighted by Gasteiger charge is 2.18. The van der Waals surface area contributed by atoms with E-state index in [1.54, 1.807) is 0 Å². The Balaban J connectivity index is 1.17. The average Bonchev–Trinajstić information content (AvgIpc) is 3.54. The number of furan rings is 1. The van der Waals surface area contributed by atoms with Crippen molar-refractivity contribution in [3.05, 3.63) is 158 Å². The summed E-state index contributed by atoms with van der Waals surface area (Å²) >= 11 is 0. The number of rotatable bonds is 3. The van der Waals surface area contributed by atoms with Crippen LogP contribution in [0, 0.1) is 0 Å². The van der Waals surface area contributed by atoms with Crippen molar-refractivity contribution in [2.45, 2.75) is 0 Å². The van der Waals surface area contributed by atoms with Gasteiger partial charge < -0.3 is 4.42 Å². The summed E-state index contributed by atoms with van der Waals surface area (Å²) in [5.74, 6) is 0. The van der Waals surface area contributed by atoms with E-state index in [-0.39, 0.29) is 0 Å². The third-order valence-electron chi connectivity index (χ3n) is 9.42. The van der Waals surface area contributed by atoms with Crippen LogP contribution in [0.1, 0.15) is 0 Å². The van der Waals surface area contributed by atoms with Crippen molar-refractivity contribution in [3.63, 3.8) is 0 Å². The number of benzene rings is 8. The normalized spacial score (nSPS) is 11.8. The highest BCUT2D eigenvalue weighted by atomic mass is 16.3. The Labute approximate surface area is 270 Å². The molecule has 0 saturated carbocycles. The van der Waals surface area contributed by atoms with E-state index in [4.69, 9.17) is 14.4 Å². The van der Waals surface area contributed by atoms with E-state index >= 15 is 0 Å². The topological polar surface area (TPSA) is 38.9 Å². The maximum Gasteiger partial charge on any atom is 0.143 e. The molecule has 8 aromatic carbocycles. The van der Waals surface area contributed by atoms with Gasteiger partial charge in [-0.3, -0.25) is 0 Å². The Hall–Kier alpha value is -6.32. The molecule has 218 valence electrons. The quantitative estimate of drug-likeness (QED) is 0.190. The van der Waals surface area contributed by atoms with Crippen molar-refractivity contribution in [3.8, 4) is 33.6 Å². The predicted octanol–water partition coefficient (Wildman–Crippen LogP) is 12.0. The second-order valence-corrected chi connectivity index (χ2v) is 12.1. The molecule has 10 rings (SSSR count). The van der Waals surface area contributed by atoms with Gasteiger partial charge in [-0.2, -0.15) is 0 Å². The minimum Gasteiger partial charge on any atom is -0.455 e. The Morgan fingerprint density at radius 1 is 0.362 bits per heavy atom. The monoisotopic (exact) mass is 598 g/mol. The van der Waals surface area contributed by atoms with Gasteiger partial charge in [0.15, 0.2) is 0 Å². The summed E-state index contributed by atoms with van der Waals surface area (Å²) in [5.41, 5.74) is 9.76. The molecule has 0 saturated heterocycles. The van der Waals surface area contributed by atoms with Crippen molar-refractivity contribution in [1.82, 2.24) is 9.97 Å². The molecule has 3 nitrogen and oxygen atoms in total. The Morgan fingerprint density at radius 2 is 0.957 bits per heavy atom. The van der Waals surface area contributed by atoms with Gasteiger partial charge in [0.25, 0.3) is 0 Å². The summed E-state index contributed by atoms with van der Waals surface area (Å²) in [6, 6.07) is 55.3. The molecule has 2 aromatic heterocycles. The van der Waals surface area contributed by atoms with Crippen molar-refractivity contribution in [1.29, 1.82) is 0 Å². The molecule has 2 heterocycles. The summed E-state index contributed by atoms with van der Waals surface area (Å²) in [7, 11) is 0. The van der Waals surface area contributed by atoms with E-state index in [1.165, 1.54) is 32.3 Å². The Bertz CT molecular complexity index is 2840. The van der Waals surface area contributed by atoms with Crippen LogP contribution in [0.3, 0.4) is 0 Å². The van der Waals surface area contributed by atoms with Crippen molar-refractivity contribution in [2.24, 2.45) is 0 Å². The number of nitrogens with zero attached hydrogens (tertiary/aromatic N) is 2. The predicted molar refractivity (Wildman–Crippen MR) is 196 cm³/mol. The fourth-order valence-electron chi connectivity index (χ4n) is 7.24. The smallest absolute Gasteiger partial charge is 0.143 e. The molecule has 10 aromatic rings. The Morgan fingerprint density at radius 3 is 1.72 bits per heavy atom. The van der Waals surface area contributed by atoms with E-state index in [1.807, 2.05) is 30.3 Å². The zero-order valence-electron chi connectivity index (χ0n) is 25.3. The van der Waals surface area contributed by atoms with Crippen LogP contribution in [0.15, 0.2) is 162 Å². The number of para-hydroxylation sites is 1. The lowest BCUT2D eigenvalue weighted by Gasteiger charge is -2.13. The third-order valence-corrected chi connectivity index (χ3v) is 9.42. The van der Waals surface area contributed by atoms with Crippen LogP contribution < -0.4 is 0 Å². The third kappa shape index (κ3) is 4.00. The van der Waals surface area contributed by atoms with Crippen molar-refractivity contribution < 1.29 is 4.42 Å². The van der Waals surface area contributed by atoms with Crippen LogP contribution >= 0.6 is 0 Å². The molecule has 0 aliphatic rings. The first-order chi connectivity index (χ1) is 23.3. The van der Waals surface area contributed by atoms with E-state index in [9.17, 15) is 0 Å². The standard InChI is InChI=1S/C44H26N2O/c1-3-11-27(12-4-1)42-43(28-13-5-2-6-14-28)46-38-26-30(21-24-37(38)45-42)29-19-22-32-31(25-29)20-23-36-40(32)33-15-7-8-16-34(33)44-41(36)35-17-9-10-18-39(35)47-44/h1-26H. The molecule has 0 aliphatic carbocycles. The minimum atomic E-state index is 0.875. The molecule has 0 radical (unpaired) electrons. The number of hydrogen-bond acceptors (Lipinski definition) is 3. The van der Waals surface area contributed by atoms with Crippen molar-refractivity contribution >= 4 is 65.3 Å². The second kappa shape index (κ2) is 10.1. The van der Waals surface area contributed by atoms with Gasteiger partial charge in [-0.25, -0.2) is 9.97 Å². The molecule has 0 spiro atoms. The zero-order chi connectivity index (χ0) is 30.9. The molecular formula is C44H26N2O. The molecule has 0 aliphatic heterocycles. The number of fused-ring (bicyclic) bond motifs is 11. The summed E-state index contributed by atoms with van der Waals surface area (Å²) in [5, 5.41) is 9.57. The maximum absolute atomic E-state index is 6.46. The Kier molecular flexibility index (Phi) is 5.57. The fraction of sp³-hybridized carbons (Fsp3) is 0. The molecular weight excluding hydrogens is 572 g/mol. The van der Waals surface area contributed by atoms with E-state index < -0.39 is 0 Å². The van der Waals surface area contributed by atoms with Gasteiger partial charge in [0, 0.05) is 27.3 Å². The van der Waals surface area contributed by atoms with Crippen LogP contribution in [0.4, 0.5) is 0 Å². The van der Waals surface area contributed by atoms with E-state index in [0.29, 0.717) is 0 Å². The van der Waals surface area contributed by atoms with Gasteiger partial charge in [0.05, 0.1) is 22.4 Å². The van der Waals surface area contributed by atoms with Gasteiger partial charge >= 0.3 is 0 Å². The zero-order valence-corrected chi connectivity index (χ0v) is 25.3. The first-order valence-electron chi connectivity index (χ1n) is 15.9. The highest BCUT2D eigenvalue weighted by Crippen LogP contribution is 2.43. The van der Waals surface area contributed by atoms with Crippen LogP contribution in [0.25, 0.3) is 98.9 Å². The molecule has 3 heteroatoms. The van der Waals surface area contributed by atoms with E-state index in [2.05, 4.69) is 127 Å². The van der Waals surface area contributed by atoms with E-state index in [0.717, 1.165) is 66.6 Å². The summed E-state index contributed by atoms with van der Waals surface area (Å²) in [6.07, 6.45) is 0. The molecule has 47 heavy (non-hydrogen) atoms. The second-order valence-electron chi connectivity index (χ2n) is 12.1. The first-order valence-corrected chi connectivity index (χ1v) is 15.9. The highest BCUT2D eigenvalue weighted by molar-refractivity contribution is 6.34. The van der Waals surface area contributed by atoms with Crippen LogP contribution in [0.2, 0.25) is 0 Å².